The first-order chi connectivity index (χ1) is 11.8. The largest absolute Gasteiger partial charge is 0.494 e. The average molecular weight is 359 g/mol. The molecule has 25 heavy (non-hydrogen) atoms. The summed E-state index contributed by atoms with van der Waals surface area (Å²) in [4.78, 5) is 7.18. The molecule has 3 aromatic rings. The highest BCUT2D eigenvalue weighted by Gasteiger charge is 2.13. The molecule has 0 aliphatic carbocycles. The summed E-state index contributed by atoms with van der Waals surface area (Å²) in [6.07, 6.45) is 1.47. The topological polar surface area (TPSA) is 129 Å². The van der Waals surface area contributed by atoms with E-state index < -0.39 is 10.0 Å². The number of H-pyrrole nitrogens is 1. The van der Waals surface area contributed by atoms with Gasteiger partial charge in [-0.25, -0.2) is 13.6 Å². The number of aromatic amines is 1. The molecule has 0 atom stereocenters. The number of nitrogens with zero attached hydrogens (tertiary/aromatic N) is 1. The Hall–Kier alpha value is -2.68. The molecule has 0 saturated heterocycles. The Morgan fingerprint density at radius 3 is 2.68 bits per heavy atom. The van der Waals surface area contributed by atoms with Crippen molar-refractivity contribution in [1.29, 1.82) is 0 Å². The molecule has 2 aromatic carbocycles. The molecule has 3 rings (SSSR count). The Kier molecular flexibility index (Phi) is 4.34. The number of primary sulfonamides is 1. The highest BCUT2D eigenvalue weighted by Crippen LogP contribution is 2.29. The van der Waals surface area contributed by atoms with Gasteiger partial charge in [-0.3, -0.25) is 4.99 Å². The number of aliphatic imine (C=N–C) groups is 1. The Balaban J connectivity index is 2.05. The van der Waals surface area contributed by atoms with E-state index in [1.807, 2.05) is 0 Å². The number of aromatic hydroxyl groups is 1. The van der Waals surface area contributed by atoms with E-state index in [1.54, 1.807) is 31.2 Å². The van der Waals surface area contributed by atoms with Crippen molar-refractivity contribution in [3.63, 3.8) is 0 Å². The minimum atomic E-state index is -3.78. The first kappa shape index (κ1) is 17.2. The Bertz CT molecular complexity index is 1080. The third-order valence-corrected chi connectivity index (χ3v) is 4.98. The number of aromatic nitrogens is 1. The maximum Gasteiger partial charge on any atom is 0.238 e. The summed E-state index contributed by atoms with van der Waals surface area (Å²) in [7, 11) is -3.78. The van der Waals surface area contributed by atoms with Crippen molar-refractivity contribution in [2.24, 2.45) is 10.1 Å². The first-order valence-corrected chi connectivity index (χ1v) is 8.97. The molecule has 0 spiro atoms. The highest BCUT2D eigenvalue weighted by molar-refractivity contribution is 7.89. The van der Waals surface area contributed by atoms with Gasteiger partial charge in [-0.1, -0.05) is 12.1 Å². The molecular formula is C17H17N3O4S. The van der Waals surface area contributed by atoms with Gasteiger partial charge in [0.2, 0.25) is 10.0 Å². The number of aryl methyl sites for hydroxylation is 1. The van der Waals surface area contributed by atoms with E-state index >= 15 is 0 Å². The Morgan fingerprint density at radius 2 is 2.04 bits per heavy atom. The van der Waals surface area contributed by atoms with Gasteiger partial charge >= 0.3 is 0 Å². The number of nitrogens with one attached hydrogen (secondary N) is 1. The van der Waals surface area contributed by atoms with Gasteiger partial charge in [0.15, 0.2) is 5.88 Å². The summed E-state index contributed by atoms with van der Waals surface area (Å²) in [5.41, 5.74) is 2.80. The van der Waals surface area contributed by atoms with Gasteiger partial charge < -0.3 is 15.2 Å². The molecule has 8 heteroatoms. The van der Waals surface area contributed by atoms with Crippen molar-refractivity contribution in [2.45, 2.75) is 18.4 Å². The molecule has 0 unspecified atom stereocenters. The normalized spacial score (nSPS) is 12.3. The number of aliphatic hydroxyl groups is 1. The van der Waals surface area contributed by atoms with E-state index in [9.17, 15) is 18.6 Å². The van der Waals surface area contributed by atoms with E-state index in [1.165, 1.54) is 18.3 Å². The van der Waals surface area contributed by atoms with Gasteiger partial charge in [-0.15, -0.1) is 0 Å². The molecule has 0 amide bonds. The van der Waals surface area contributed by atoms with Crippen LogP contribution in [0.15, 0.2) is 46.3 Å². The molecule has 0 bridgehead atoms. The van der Waals surface area contributed by atoms with Crippen molar-refractivity contribution < 1.29 is 18.6 Å². The molecule has 1 aromatic heterocycles. The van der Waals surface area contributed by atoms with E-state index in [2.05, 4.69) is 9.98 Å². The van der Waals surface area contributed by atoms with Gasteiger partial charge in [-0.05, 0) is 42.3 Å². The van der Waals surface area contributed by atoms with Gasteiger partial charge in [0.05, 0.1) is 22.8 Å². The Morgan fingerprint density at radius 1 is 1.28 bits per heavy atom. The predicted molar refractivity (Wildman–Crippen MR) is 95.7 cm³/mol. The fourth-order valence-corrected chi connectivity index (χ4v) is 3.53. The van der Waals surface area contributed by atoms with E-state index in [-0.39, 0.29) is 17.4 Å². The second kappa shape index (κ2) is 6.32. The van der Waals surface area contributed by atoms with Crippen LogP contribution in [-0.2, 0) is 16.6 Å². The van der Waals surface area contributed by atoms with Crippen LogP contribution in [0.5, 0.6) is 5.88 Å². The van der Waals surface area contributed by atoms with Gasteiger partial charge in [0.1, 0.15) is 0 Å². The second-order valence-corrected chi connectivity index (χ2v) is 7.17. The number of hydrogen-bond acceptors (Lipinski definition) is 5. The summed E-state index contributed by atoms with van der Waals surface area (Å²) in [5, 5.41) is 25.4. The van der Waals surface area contributed by atoms with Crippen molar-refractivity contribution >= 4 is 32.8 Å². The predicted octanol–water partition coefficient (Wildman–Crippen LogP) is 2.07. The molecule has 1 heterocycles. The van der Waals surface area contributed by atoms with Crippen LogP contribution in [-0.4, -0.2) is 29.8 Å². The number of hydrogen-bond donors (Lipinski definition) is 4. The van der Waals surface area contributed by atoms with Crippen LogP contribution in [0.2, 0.25) is 0 Å². The molecule has 0 aliphatic rings. The number of nitrogens with two attached hydrogens (primary N) is 1. The standard InChI is InChI=1S/C17H17N3O4S/c1-10-7-12(5-6-15(10)25(18,23)24)19-8-13-16-11(9-21)3-2-4-14(16)20-17(13)22/h2-8,20-22H,9H2,1H3,(H2,18,23,24). The van der Waals surface area contributed by atoms with Crippen molar-refractivity contribution in [2.75, 3.05) is 0 Å². The lowest BCUT2D eigenvalue weighted by atomic mass is 10.1. The van der Waals surface area contributed by atoms with Crippen molar-refractivity contribution in [3.05, 3.63) is 53.1 Å². The number of rotatable bonds is 4. The highest BCUT2D eigenvalue weighted by atomic mass is 32.2. The zero-order chi connectivity index (χ0) is 18.2. The van der Waals surface area contributed by atoms with Crippen LogP contribution in [0.3, 0.4) is 0 Å². The molecule has 0 aliphatic heterocycles. The first-order valence-electron chi connectivity index (χ1n) is 7.42. The maximum atomic E-state index is 11.4. The minimum Gasteiger partial charge on any atom is -0.494 e. The van der Waals surface area contributed by atoms with Gasteiger partial charge in [-0.2, -0.15) is 0 Å². The molecule has 130 valence electrons. The monoisotopic (exact) mass is 359 g/mol. The third-order valence-electron chi connectivity index (χ3n) is 3.91. The van der Waals surface area contributed by atoms with Crippen LogP contribution in [0.1, 0.15) is 16.7 Å². The van der Waals surface area contributed by atoms with E-state index in [4.69, 9.17) is 5.14 Å². The second-order valence-electron chi connectivity index (χ2n) is 5.64. The summed E-state index contributed by atoms with van der Waals surface area (Å²) < 4.78 is 22.9. The lowest BCUT2D eigenvalue weighted by molar-refractivity contribution is 0.283. The number of fused-ring (bicyclic) bond motifs is 1. The molecule has 0 fully saturated rings. The zero-order valence-corrected chi connectivity index (χ0v) is 14.2. The summed E-state index contributed by atoms with van der Waals surface area (Å²) in [6.45, 7) is 1.46. The van der Waals surface area contributed by atoms with Crippen molar-refractivity contribution in [3.8, 4) is 5.88 Å². The van der Waals surface area contributed by atoms with Crippen LogP contribution in [0.25, 0.3) is 10.9 Å². The van der Waals surface area contributed by atoms with Crippen LogP contribution in [0, 0.1) is 6.92 Å². The van der Waals surface area contributed by atoms with E-state index in [0.717, 1.165) is 0 Å². The lowest BCUT2D eigenvalue weighted by Gasteiger charge is -2.04. The molecule has 5 N–H and O–H groups in total. The van der Waals surface area contributed by atoms with E-state index in [0.29, 0.717) is 33.3 Å². The molecule has 0 saturated carbocycles. The summed E-state index contributed by atoms with van der Waals surface area (Å²) in [5.74, 6) is -0.0578. The maximum absolute atomic E-state index is 11.4. The molecular weight excluding hydrogens is 342 g/mol. The zero-order valence-electron chi connectivity index (χ0n) is 13.4. The minimum absolute atomic E-state index is 0.0453. The SMILES string of the molecule is Cc1cc(N=Cc2c(O)[nH]c3cccc(CO)c23)ccc1S(N)(=O)=O. The van der Waals surface area contributed by atoms with Gasteiger partial charge in [0.25, 0.3) is 0 Å². The van der Waals surface area contributed by atoms with Crippen molar-refractivity contribution in [1.82, 2.24) is 4.98 Å². The summed E-state index contributed by atoms with van der Waals surface area (Å²) in [6, 6.07) is 9.84. The number of aliphatic hydroxyl groups excluding tert-OH is 1. The van der Waals surface area contributed by atoms with Gasteiger partial charge in [0, 0.05) is 17.1 Å². The smallest absolute Gasteiger partial charge is 0.238 e. The van der Waals surface area contributed by atoms with Crippen LogP contribution in [0.4, 0.5) is 5.69 Å². The lowest BCUT2D eigenvalue weighted by Crippen LogP contribution is -2.13. The molecule has 7 nitrogen and oxygen atoms in total. The average Bonchev–Trinajstić information content (AvgIpc) is 2.87. The quantitative estimate of drug-likeness (QED) is 0.531. The molecule has 0 radical (unpaired) electrons. The number of benzene rings is 2. The third kappa shape index (κ3) is 3.27. The van der Waals surface area contributed by atoms with Crippen LogP contribution >= 0.6 is 0 Å². The number of sulfonamides is 1. The fraction of sp³-hybridized carbons (Fsp3) is 0.118. The Labute approximate surface area is 144 Å². The summed E-state index contributed by atoms with van der Waals surface area (Å²) >= 11 is 0. The fourth-order valence-electron chi connectivity index (χ4n) is 2.77. The van der Waals surface area contributed by atoms with Crippen LogP contribution < -0.4 is 5.14 Å².